The minimum Gasteiger partial charge on any atom is -0.477 e. The van der Waals surface area contributed by atoms with Gasteiger partial charge in [0.2, 0.25) is 0 Å². The van der Waals surface area contributed by atoms with Gasteiger partial charge >= 0.3 is 5.97 Å². The highest BCUT2D eigenvalue weighted by molar-refractivity contribution is 5.70. The second kappa shape index (κ2) is 5.20. The summed E-state index contributed by atoms with van der Waals surface area (Å²) >= 11 is 0. The van der Waals surface area contributed by atoms with Crippen molar-refractivity contribution in [3.05, 3.63) is 0 Å². The molecule has 1 unspecified atom stereocenters. The molecule has 0 aromatic carbocycles. The lowest BCUT2D eigenvalue weighted by Crippen LogP contribution is -2.21. The van der Waals surface area contributed by atoms with Gasteiger partial charge in [0.15, 0.2) is 0 Å². The van der Waals surface area contributed by atoms with Crippen molar-refractivity contribution in [1.82, 2.24) is 0 Å². The molecule has 0 aliphatic carbocycles. The fourth-order valence-corrected chi connectivity index (χ4v) is 0.406. The van der Waals surface area contributed by atoms with Crippen LogP contribution in [0.5, 0.6) is 0 Å². The first-order valence-electron chi connectivity index (χ1n) is 3.18. The Bertz CT molecular complexity index is 102. The number of carbonyl (C=O) groups is 1. The van der Waals surface area contributed by atoms with Gasteiger partial charge in [-0.05, 0) is 6.42 Å². The minimum atomic E-state index is -1.91. The molecule has 0 aromatic heterocycles. The molecule has 0 fully saturated rings. The van der Waals surface area contributed by atoms with Crippen LogP contribution in [0, 0.1) is 0 Å². The van der Waals surface area contributed by atoms with Crippen molar-refractivity contribution in [2.75, 3.05) is 6.61 Å². The fourth-order valence-electron chi connectivity index (χ4n) is 0.406. The van der Waals surface area contributed by atoms with Gasteiger partial charge in [-0.3, -0.25) is 0 Å². The quantitative estimate of drug-likeness (QED) is 0.458. The zero-order valence-electron chi connectivity index (χ0n) is 5.87. The van der Waals surface area contributed by atoms with E-state index in [0.29, 0.717) is 0 Å². The largest absolute Gasteiger partial charge is 0.477 e. The summed E-state index contributed by atoms with van der Waals surface area (Å²) in [5.74, 6) is -1.45. The molecule has 1 N–H and O–H groups in total. The number of rotatable bonds is 5. The van der Waals surface area contributed by atoms with Gasteiger partial charge in [0.25, 0.3) is 6.29 Å². The number of unbranched alkanes of at least 4 members (excludes halogenated alkanes) is 1. The van der Waals surface area contributed by atoms with E-state index in [-0.39, 0.29) is 6.61 Å². The molecule has 0 heterocycles. The van der Waals surface area contributed by atoms with Crippen molar-refractivity contribution in [1.29, 1.82) is 0 Å². The van der Waals surface area contributed by atoms with Crippen molar-refractivity contribution in [2.24, 2.45) is 0 Å². The Hall–Kier alpha value is -0.610. The van der Waals surface area contributed by atoms with E-state index in [1.165, 1.54) is 0 Å². The maximum atomic E-state index is 10.3. The highest BCUT2D eigenvalue weighted by atomic mass is 16.6. The van der Waals surface area contributed by atoms with Crippen LogP contribution in [-0.2, 0) is 14.6 Å². The van der Waals surface area contributed by atoms with Crippen molar-refractivity contribution in [3.63, 3.8) is 0 Å². The van der Waals surface area contributed by atoms with Gasteiger partial charge in [-0.1, -0.05) is 13.3 Å². The van der Waals surface area contributed by atoms with Gasteiger partial charge in [0.1, 0.15) is 0 Å². The first-order valence-corrected chi connectivity index (χ1v) is 3.18. The summed E-state index contributed by atoms with van der Waals surface area (Å²) in [5.41, 5.74) is 0. The summed E-state index contributed by atoms with van der Waals surface area (Å²) in [6.07, 6.45) is -0.287. The molecule has 1 radical (unpaired) electrons. The van der Waals surface area contributed by atoms with E-state index in [4.69, 9.17) is 5.11 Å². The average molecular weight is 147 g/mol. The van der Waals surface area contributed by atoms with Crippen LogP contribution >= 0.6 is 0 Å². The third kappa shape index (κ3) is 4.29. The number of carboxylic acid groups (broad SMARTS) is 1. The van der Waals surface area contributed by atoms with Crippen LogP contribution in [0.2, 0.25) is 0 Å². The maximum Gasteiger partial charge on any atom is 0.364 e. The Morgan fingerprint density at radius 1 is 1.70 bits per heavy atom. The van der Waals surface area contributed by atoms with E-state index < -0.39 is 12.3 Å². The Morgan fingerprint density at radius 3 is 2.70 bits per heavy atom. The molecular formula is C6H11O4. The monoisotopic (exact) mass is 147 g/mol. The van der Waals surface area contributed by atoms with Crippen LogP contribution in [0.1, 0.15) is 19.8 Å². The maximum absolute atomic E-state index is 10.3. The van der Waals surface area contributed by atoms with Crippen LogP contribution in [-0.4, -0.2) is 24.0 Å². The van der Waals surface area contributed by atoms with Gasteiger partial charge < -0.3 is 9.84 Å². The van der Waals surface area contributed by atoms with Crippen LogP contribution in [0.25, 0.3) is 0 Å². The van der Waals surface area contributed by atoms with Gasteiger partial charge in [0, 0.05) is 0 Å². The normalized spacial score (nSPS) is 13.0. The minimum absolute atomic E-state index is 0.233. The molecule has 0 saturated heterocycles. The van der Waals surface area contributed by atoms with E-state index in [1.54, 1.807) is 0 Å². The van der Waals surface area contributed by atoms with Crippen molar-refractivity contribution in [2.45, 2.75) is 26.1 Å². The lowest BCUT2D eigenvalue weighted by atomic mass is 10.4. The van der Waals surface area contributed by atoms with Gasteiger partial charge in [-0.15, -0.1) is 0 Å². The summed E-state index contributed by atoms with van der Waals surface area (Å²) in [4.78, 5) is 9.86. The smallest absolute Gasteiger partial charge is 0.364 e. The average Bonchev–Trinajstić information content (AvgIpc) is 1.88. The molecule has 0 aliphatic rings. The molecule has 4 heteroatoms. The number of hydrogen-bond donors (Lipinski definition) is 1. The summed E-state index contributed by atoms with van der Waals surface area (Å²) < 4.78 is 4.39. The van der Waals surface area contributed by atoms with Crippen molar-refractivity contribution in [3.8, 4) is 0 Å². The summed E-state index contributed by atoms with van der Waals surface area (Å²) in [7, 11) is 0. The Labute approximate surface area is 59.4 Å². The van der Waals surface area contributed by atoms with Crippen molar-refractivity contribution >= 4 is 5.97 Å². The molecule has 0 amide bonds. The standard InChI is InChI=1S/C6H11O4/c1-2-3-4-10-6(9)5(7)8/h6H,2-4H2,1H3,(H,7,8). The third-order valence-electron chi connectivity index (χ3n) is 0.969. The fraction of sp³-hybridized carbons (Fsp3) is 0.833. The number of ether oxygens (including phenoxy) is 1. The van der Waals surface area contributed by atoms with E-state index in [2.05, 4.69) is 4.74 Å². The molecule has 0 bridgehead atoms. The van der Waals surface area contributed by atoms with Gasteiger partial charge in [-0.25, -0.2) is 4.79 Å². The van der Waals surface area contributed by atoms with E-state index >= 15 is 0 Å². The Morgan fingerprint density at radius 2 is 2.30 bits per heavy atom. The first kappa shape index (κ1) is 9.39. The molecule has 0 aromatic rings. The second-order valence-corrected chi connectivity index (χ2v) is 1.89. The third-order valence-corrected chi connectivity index (χ3v) is 0.969. The van der Waals surface area contributed by atoms with E-state index in [1.807, 2.05) is 6.92 Å². The highest BCUT2D eigenvalue weighted by Crippen LogP contribution is 1.92. The van der Waals surface area contributed by atoms with Gasteiger partial charge in [-0.2, -0.15) is 5.11 Å². The Kier molecular flexibility index (Phi) is 4.88. The first-order chi connectivity index (χ1) is 4.68. The van der Waals surface area contributed by atoms with Crippen molar-refractivity contribution < 1.29 is 19.7 Å². The molecule has 0 rings (SSSR count). The van der Waals surface area contributed by atoms with Crippen LogP contribution in [0.4, 0.5) is 0 Å². The molecule has 0 saturated carbocycles. The van der Waals surface area contributed by atoms with E-state index in [9.17, 15) is 9.90 Å². The summed E-state index contributed by atoms with van der Waals surface area (Å²) in [5, 5.41) is 18.3. The molecular weight excluding hydrogens is 136 g/mol. The van der Waals surface area contributed by atoms with Crippen LogP contribution in [0.3, 0.4) is 0 Å². The summed E-state index contributed by atoms with van der Waals surface area (Å²) in [6.45, 7) is 2.17. The zero-order valence-corrected chi connectivity index (χ0v) is 5.87. The summed E-state index contributed by atoms with van der Waals surface area (Å²) in [6, 6.07) is 0. The molecule has 4 nitrogen and oxygen atoms in total. The molecule has 1 atom stereocenters. The Balaban J connectivity index is 3.21. The van der Waals surface area contributed by atoms with Crippen LogP contribution < -0.4 is 0 Å². The molecule has 0 aliphatic heterocycles. The lowest BCUT2D eigenvalue weighted by molar-refractivity contribution is -0.189. The molecule has 10 heavy (non-hydrogen) atoms. The predicted octanol–water partition coefficient (Wildman–Crippen LogP) is 0.644. The molecule has 59 valence electrons. The highest BCUT2D eigenvalue weighted by Gasteiger charge is 2.14. The number of hydrogen-bond acceptors (Lipinski definition) is 2. The zero-order chi connectivity index (χ0) is 7.98. The number of carboxylic acids is 1. The number of aliphatic carboxylic acids is 1. The van der Waals surface area contributed by atoms with Crippen LogP contribution in [0.15, 0.2) is 0 Å². The molecule has 0 spiro atoms. The SMILES string of the molecule is CCCCOC([O])C(=O)O. The van der Waals surface area contributed by atoms with E-state index in [0.717, 1.165) is 12.8 Å². The second-order valence-electron chi connectivity index (χ2n) is 1.89. The topological polar surface area (TPSA) is 66.4 Å². The predicted molar refractivity (Wildman–Crippen MR) is 33.0 cm³/mol. The lowest BCUT2D eigenvalue weighted by Gasteiger charge is -2.02. The van der Waals surface area contributed by atoms with Gasteiger partial charge in [0.05, 0.1) is 6.61 Å².